The van der Waals surface area contributed by atoms with Crippen LogP contribution in [0.15, 0.2) is 65.8 Å². The molecule has 0 saturated carbocycles. The maximum absolute atomic E-state index is 12.6. The number of anilines is 1. The predicted octanol–water partition coefficient (Wildman–Crippen LogP) is 4.85. The molecule has 0 fully saturated rings. The molecular weight excluding hydrogens is 374 g/mol. The van der Waals surface area contributed by atoms with Gasteiger partial charge in [-0.3, -0.25) is 9.59 Å². The van der Waals surface area contributed by atoms with Crippen LogP contribution in [0.1, 0.15) is 47.7 Å². The topological polar surface area (TPSA) is 70.6 Å². The summed E-state index contributed by atoms with van der Waals surface area (Å²) in [6.07, 6.45) is 4.55. The second-order valence-electron chi connectivity index (χ2n) is 7.69. The zero-order valence-electron chi connectivity index (χ0n) is 17.1. The lowest BCUT2D eigenvalue weighted by Gasteiger charge is -2.19. The van der Waals surface area contributed by atoms with Crippen LogP contribution in [0, 0.1) is 0 Å². The molecule has 3 aromatic carbocycles. The molecular formula is C25H25N3O2. The summed E-state index contributed by atoms with van der Waals surface area (Å²) in [6, 6.07) is 19.4. The predicted molar refractivity (Wildman–Crippen MR) is 121 cm³/mol. The number of hydrogen-bond acceptors (Lipinski definition) is 3. The smallest absolute Gasteiger partial charge is 0.271 e. The van der Waals surface area contributed by atoms with Crippen molar-refractivity contribution in [3.8, 4) is 0 Å². The van der Waals surface area contributed by atoms with E-state index in [9.17, 15) is 9.59 Å². The third-order valence-corrected chi connectivity index (χ3v) is 5.47. The number of benzene rings is 3. The van der Waals surface area contributed by atoms with Crippen molar-refractivity contribution in [2.75, 3.05) is 5.32 Å². The van der Waals surface area contributed by atoms with Crippen molar-refractivity contribution in [1.29, 1.82) is 0 Å². The Balaban J connectivity index is 1.39. The van der Waals surface area contributed by atoms with Crippen LogP contribution < -0.4 is 10.7 Å². The van der Waals surface area contributed by atoms with Gasteiger partial charge in [0.1, 0.15) is 0 Å². The molecule has 5 heteroatoms. The summed E-state index contributed by atoms with van der Waals surface area (Å²) in [5, 5.41) is 9.01. The van der Waals surface area contributed by atoms with Gasteiger partial charge in [0, 0.05) is 17.0 Å². The number of nitrogens with one attached hydrogen (secondary N) is 2. The molecule has 0 aromatic heterocycles. The van der Waals surface area contributed by atoms with Gasteiger partial charge in [-0.1, -0.05) is 48.5 Å². The highest BCUT2D eigenvalue weighted by molar-refractivity contribution is 6.09. The first-order valence-corrected chi connectivity index (χ1v) is 10.3. The van der Waals surface area contributed by atoms with E-state index in [1.54, 1.807) is 13.0 Å². The van der Waals surface area contributed by atoms with Crippen LogP contribution in [0.5, 0.6) is 0 Å². The molecule has 0 bridgehead atoms. The fourth-order valence-electron chi connectivity index (χ4n) is 3.99. The Hall–Kier alpha value is -3.47. The molecule has 4 rings (SSSR count). The maximum Gasteiger partial charge on any atom is 0.271 e. The minimum atomic E-state index is -0.288. The maximum atomic E-state index is 12.6. The standard InChI is InChI=1S/C25H25N3O2/c1-17(16-24(29)26-23-15-7-11-19-9-3-5-13-21(19)23)27-28-25(30)22-14-6-10-18-8-2-4-12-20(18)22/h2,4,6-8,10-12,14-15H,3,5,9,13,16H2,1H3,(H,26,29)(H,28,30)/b27-17-. The lowest BCUT2D eigenvalue weighted by Crippen LogP contribution is -2.22. The molecule has 2 amide bonds. The number of rotatable bonds is 5. The molecule has 0 spiro atoms. The van der Waals surface area contributed by atoms with E-state index in [2.05, 4.69) is 21.9 Å². The van der Waals surface area contributed by atoms with E-state index in [0.29, 0.717) is 11.3 Å². The molecule has 0 radical (unpaired) electrons. The minimum Gasteiger partial charge on any atom is -0.325 e. The van der Waals surface area contributed by atoms with Crippen molar-refractivity contribution in [2.45, 2.75) is 39.0 Å². The van der Waals surface area contributed by atoms with Crippen molar-refractivity contribution in [3.05, 3.63) is 77.4 Å². The lowest BCUT2D eigenvalue weighted by molar-refractivity contribution is -0.115. The van der Waals surface area contributed by atoms with E-state index in [0.717, 1.165) is 35.7 Å². The molecule has 0 saturated heterocycles. The Kier molecular flexibility index (Phi) is 5.89. The molecule has 0 heterocycles. The first-order valence-electron chi connectivity index (χ1n) is 10.3. The molecule has 0 atom stereocenters. The van der Waals surface area contributed by atoms with Gasteiger partial charge in [-0.05, 0) is 66.6 Å². The Bertz CT molecular complexity index is 1130. The normalized spacial score (nSPS) is 13.6. The van der Waals surface area contributed by atoms with Crippen LogP contribution in [-0.4, -0.2) is 17.5 Å². The van der Waals surface area contributed by atoms with Gasteiger partial charge < -0.3 is 5.32 Å². The number of aryl methyl sites for hydroxylation is 1. The van der Waals surface area contributed by atoms with Gasteiger partial charge in [0.25, 0.3) is 5.91 Å². The summed E-state index contributed by atoms with van der Waals surface area (Å²) in [4.78, 5) is 25.1. The fraction of sp³-hybridized carbons (Fsp3) is 0.240. The average molecular weight is 399 g/mol. The second kappa shape index (κ2) is 8.91. The number of hydrazone groups is 1. The minimum absolute atomic E-state index is 0.124. The molecule has 1 aliphatic carbocycles. The van der Waals surface area contributed by atoms with Gasteiger partial charge in [-0.15, -0.1) is 0 Å². The summed E-state index contributed by atoms with van der Waals surface area (Å²) >= 11 is 0. The zero-order chi connectivity index (χ0) is 20.9. The number of nitrogens with zero attached hydrogens (tertiary/aromatic N) is 1. The van der Waals surface area contributed by atoms with E-state index in [-0.39, 0.29) is 18.2 Å². The van der Waals surface area contributed by atoms with Gasteiger partial charge in [-0.25, -0.2) is 5.43 Å². The monoisotopic (exact) mass is 399 g/mol. The largest absolute Gasteiger partial charge is 0.325 e. The summed E-state index contributed by atoms with van der Waals surface area (Å²) < 4.78 is 0. The first kappa shape index (κ1) is 19.8. The molecule has 5 nitrogen and oxygen atoms in total. The van der Waals surface area contributed by atoms with Crippen molar-refractivity contribution in [1.82, 2.24) is 5.43 Å². The number of amides is 2. The quantitative estimate of drug-likeness (QED) is 0.475. The van der Waals surface area contributed by atoms with Crippen LogP contribution in [0.4, 0.5) is 5.69 Å². The molecule has 0 aliphatic heterocycles. The van der Waals surface area contributed by atoms with Crippen LogP contribution in [-0.2, 0) is 17.6 Å². The first-order chi connectivity index (χ1) is 14.6. The Labute approximate surface area is 176 Å². The highest BCUT2D eigenvalue weighted by Gasteiger charge is 2.15. The summed E-state index contributed by atoms with van der Waals surface area (Å²) in [5.74, 6) is -0.418. The number of hydrogen-bond donors (Lipinski definition) is 2. The Morgan fingerprint density at radius 3 is 2.60 bits per heavy atom. The Morgan fingerprint density at radius 2 is 1.70 bits per heavy atom. The summed E-state index contributed by atoms with van der Waals surface area (Å²) in [7, 11) is 0. The zero-order valence-corrected chi connectivity index (χ0v) is 17.1. The van der Waals surface area contributed by atoms with E-state index in [1.165, 1.54) is 17.5 Å². The highest BCUT2D eigenvalue weighted by Crippen LogP contribution is 2.28. The van der Waals surface area contributed by atoms with Gasteiger partial charge in [0.15, 0.2) is 0 Å². The van der Waals surface area contributed by atoms with E-state index in [1.807, 2.05) is 48.5 Å². The number of carbonyl (C=O) groups excluding carboxylic acids is 2. The number of carbonyl (C=O) groups is 2. The fourth-order valence-corrected chi connectivity index (χ4v) is 3.99. The van der Waals surface area contributed by atoms with Crippen molar-refractivity contribution in [2.24, 2.45) is 5.10 Å². The van der Waals surface area contributed by atoms with Gasteiger partial charge in [0.2, 0.25) is 5.91 Å². The van der Waals surface area contributed by atoms with Crippen LogP contribution in [0.2, 0.25) is 0 Å². The van der Waals surface area contributed by atoms with E-state index >= 15 is 0 Å². The van der Waals surface area contributed by atoms with Crippen LogP contribution in [0.25, 0.3) is 10.8 Å². The molecule has 152 valence electrons. The van der Waals surface area contributed by atoms with E-state index < -0.39 is 0 Å². The third-order valence-electron chi connectivity index (χ3n) is 5.47. The van der Waals surface area contributed by atoms with Crippen molar-refractivity contribution in [3.63, 3.8) is 0 Å². The van der Waals surface area contributed by atoms with Gasteiger partial charge in [0.05, 0.1) is 6.42 Å². The van der Waals surface area contributed by atoms with E-state index in [4.69, 9.17) is 0 Å². The molecule has 2 N–H and O–H groups in total. The lowest BCUT2D eigenvalue weighted by atomic mass is 9.90. The summed E-state index contributed by atoms with van der Waals surface area (Å²) in [5.41, 5.74) is 7.15. The molecule has 3 aromatic rings. The van der Waals surface area contributed by atoms with Crippen molar-refractivity contribution < 1.29 is 9.59 Å². The average Bonchev–Trinajstić information content (AvgIpc) is 2.77. The second-order valence-corrected chi connectivity index (χ2v) is 7.69. The molecule has 0 unspecified atom stereocenters. The molecule has 1 aliphatic rings. The van der Waals surface area contributed by atoms with Gasteiger partial charge >= 0.3 is 0 Å². The highest BCUT2D eigenvalue weighted by atomic mass is 16.2. The van der Waals surface area contributed by atoms with Crippen LogP contribution >= 0.6 is 0 Å². The molecule has 30 heavy (non-hydrogen) atoms. The van der Waals surface area contributed by atoms with Crippen molar-refractivity contribution >= 4 is 34.0 Å². The summed E-state index contributed by atoms with van der Waals surface area (Å²) in [6.45, 7) is 1.74. The SMILES string of the molecule is C/C(CC(=O)Nc1cccc2c1CCCC2)=N/NC(=O)c1cccc2ccccc12. The third kappa shape index (κ3) is 4.40. The van der Waals surface area contributed by atoms with Crippen LogP contribution in [0.3, 0.4) is 0 Å². The Morgan fingerprint density at radius 1 is 0.933 bits per heavy atom. The van der Waals surface area contributed by atoms with Gasteiger partial charge in [-0.2, -0.15) is 5.10 Å². The number of fused-ring (bicyclic) bond motifs is 2.